The molecule has 0 bridgehead atoms. The Balaban J connectivity index is 1.36. The van der Waals surface area contributed by atoms with Gasteiger partial charge in [-0.25, -0.2) is 4.79 Å². The number of aliphatic hydroxyl groups excluding tert-OH is 1. The predicted octanol–water partition coefficient (Wildman–Crippen LogP) is 5.38. The smallest absolute Gasteiger partial charge is 0.414 e. The van der Waals surface area contributed by atoms with Gasteiger partial charge in [0.1, 0.15) is 12.4 Å². The molecular formula is C36H46N2O6Si. The number of hydrogen-bond acceptors (Lipinski definition) is 6. The van der Waals surface area contributed by atoms with Gasteiger partial charge < -0.3 is 24.2 Å². The van der Waals surface area contributed by atoms with Crippen molar-refractivity contribution in [3.05, 3.63) is 90.0 Å². The minimum Gasteiger partial charge on any atom is -0.497 e. The first kappa shape index (κ1) is 32.7. The van der Waals surface area contributed by atoms with Crippen LogP contribution in [0.4, 0.5) is 10.5 Å². The first-order chi connectivity index (χ1) is 21.7. The van der Waals surface area contributed by atoms with Gasteiger partial charge in [0.05, 0.1) is 47.0 Å². The zero-order valence-corrected chi connectivity index (χ0v) is 27.9. The molecule has 2 heterocycles. The highest BCUT2D eigenvalue weighted by Gasteiger charge is 2.51. The Bertz CT molecular complexity index is 1430. The summed E-state index contributed by atoms with van der Waals surface area (Å²) in [5.41, 5.74) is 3.24. The standard InChI is InChI=1S/C36H46N2O6Si/c1-26-32(18-13-27-11-8-12-29(23-27)38-20-22-43-36(38)41)44-33(35(26)45(3,4)31-16-14-30(42-2)15-17-31)24-34(40)37(19-21-39)25-28-9-6-5-7-10-28/h5-12,14-17,23,26,32-33,35,39H,13,18-22,24-25H2,1-4H3/t26-,32+,33-,35+/m1/s1. The number of aliphatic hydroxyl groups is 1. The quantitative estimate of drug-likeness (QED) is 0.255. The van der Waals surface area contributed by atoms with E-state index in [0.29, 0.717) is 19.7 Å². The molecule has 3 aromatic carbocycles. The van der Waals surface area contributed by atoms with E-state index >= 15 is 0 Å². The van der Waals surface area contributed by atoms with E-state index in [9.17, 15) is 14.7 Å². The highest BCUT2D eigenvalue weighted by atomic mass is 28.3. The molecule has 2 saturated heterocycles. The van der Waals surface area contributed by atoms with E-state index in [1.54, 1.807) is 16.9 Å². The van der Waals surface area contributed by atoms with Crippen molar-refractivity contribution in [2.45, 2.75) is 63.6 Å². The number of carbonyl (C=O) groups excluding carboxylic acids is 2. The first-order valence-corrected chi connectivity index (χ1v) is 19.0. The molecule has 2 fully saturated rings. The highest BCUT2D eigenvalue weighted by Crippen LogP contribution is 2.46. The Morgan fingerprint density at radius 2 is 1.76 bits per heavy atom. The molecule has 0 saturated carbocycles. The molecule has 0 unspecified atom stereocenters. The zero-order valence-electron chi connectivity index (χ0n) is 26.9. The minimum absolute atomic E-state index is 0.000449. The Kier molecular flexibility index (Phi) is 10.6. The van der Waals surface area contributed by atoms with E-state index in [0.717, 1.165) is 35.4 Å². The van der Waals surface area contributed by atoms with E-state index < -0.39 is 8.07 Å². The van der Waals surface area contributed by atoms with Crippen LogP contribution in [0.3, 0.4) is 0 Å². The van der Waals surface area contributed by atoms with E-state index in [1.807, 2.05) is 54.6 Å². The van der Waals surface area contributed by atoms with Gasteiger partial charge in [0.2, 0.25) is 5.91 Å². The molecule has 0 radical (unpaired) electrons. The van der Waals surface area contributed by atoms with Crippen LogP contribution in [0.2, 0.25) is 18.6 Å². The molecule has 45 heavy (non-hydrogen) atoms. The fourth-order valence-electron chi connectivity index (χ4n) is 7.18. The lowest BCUT2D eigenvalue weighted by Gasteiger charge is -2.36. The Labute approximate surface area is 267 Å². The molecule has 5 rings (SSSR count). The third-order valence-corrected chi connectivity index (χ3v) is 14.0. The molecule has 240 valence electrons. The Morgan fingerprint density at radius 3 is 2.42 bits per heavy atom. The lowest BCUT2D eigenvalue weighted by atomic mass is 9.95. The van der Waals surface area contributed by atoms with Crippen molar-refractivity contribution in [2.24, 2.45) is 5.92 Å². The van der Waals surface area contributed by atoms with Gasteiger partial charge in [-0.2, -0.15) is 0 Å². The zero-order chi connectivity index (χ0) is 32.0. The molecule has 4 atom stereocenters. The molecule has 8 nitrogen and oxygen atoms in total. The van der Waals surface area contributed by atoms with Crippen molar-refractivity contribution in [3.63, 3.8) is 0 Å². The number of ether oxygens (including phenoxy) is 3. The molecular weight excluding hydrogens is 584 g/mol. The number of rotatable bonds is 13. The maximum Gasteiger partial charge on any atom is 0.414 e. The van der Waals surface area contributed by atoms with Crippen LogP contribution in [0.5, 0.6) is 5.75 Å². The van der Waals surface area contributed by atoms with Gasteiger partial charge in [0.15, 0.2) is 0 Å². The summed E-state index contributed by atoms with van der Waals surface area (Å²) in [4.78, 5) is 29.4. The summed E-state index contributed by atoms with van der Waals surface area (Å²) in [6.45, 7) is 8.66. The molecule has 2 aliphatic heterocycles. The maximum atomic E-state index is 13.9. The monoisotopic (exact) mass is 630 g/mol. The lowest BCUT2D eigenvalue weighted by Crippen LogP contribution is -2.51. The van der Waals surface area contributed by atoms with Gasteiger partial charge in [-0.05, 0) is 59.7 Å². The third-order valence-electron chi connectivity index (χ3n) is 9.59. The molecule has 3 aromatic rings. The number of amides is 2. The van der Waals surface area contributed by atoms with Crippen LogP contribution in [0.1, 0.15) is 30.9 Å². The number of anilines is 1. The summed E-state index contributed by atoms with van der Waals surface area (Å²) in [5, 5.41) is 11.1. The maximum absolute atomic E-state index is 13.9. The summed E-state index contributed by atoms with van der Waals surface area (Å²) < 4.78 is 17.4. The van der Waals surface area contributed by atoms with Gasteiger partial charge >= 0.3 is 6.09 Å². The normalized spacial score (nSPS) is 21.5. The molecule has 2 aliphatic rings. The average Bonchev–Trinajstić information content (AvgIpc) is 3.62. The van der Waals surface area contributed by atoms with Crippen LogP contribution in [-0.2, 0) is 27.2 Å². The third kappa shape index (κ3) is 7.60. The predicted molar refractivity (Wildman–Crippen MR) is 179 cm³/mol. The number of benzene rings is 3. The number of hydrogen-bond donors (Lipinski definition) is 1. The summed E-state index contributed by atoms with van der Waals surface area (Å²) in [6, 6.07) is 26.4. The SMILES string of the molecule is COc1ccc([Si](C)(C)[C@H]2[C@H](C)[C@H](CCc3cccc(N4CCOC4=O)c3)O[C@@H]2CC(=O)N(CCO)Cc2ccccc2)cc1. The van der Waals surface area contributed by atoms with E-state index in [2.05, 4.69) is 44.3 Å². The second-order valence-corrected chi connectivity index (χ2v) is 17.4. The van der Waals surface area contributed by atoms with Crippen LogP contribution in [0, 0.1) is 5.92 Å². The van der Waals surface area contributed by atoms with Gasteiger partial charge in [-0.1, -0.05) is 79.8 Å². The Hall–Kier alpha value is -3.66. The highest BCUT2D eigenvalue weighted by molar-refractivity contribution is 6.91. The lowest BCUT2D eigenvalue weighted by molar-refractivity contribution is -0.135. The number of nitrogens with zero attached hydrogens (tertiary/aromatic N) is 2. The second kappa shape index (κ2) is 14.6. The number of cyclic esters (lactones) is 1. The van der Waals surface area contributed by atoms with E-state index in [4.69, 9.17) is 14.2 Å². The molecule has 1 N–H and O–H groups in total. The fourth-order valence-corrected chi connectivity index (χ4v) is 11.2. The largest absolute Gasteiger partial charge is 0.497 e. The van der Waals surface area contributed by atoms with Gasteiger partial charge in [-0.3, -0.25) is 9.69 Å². The topological polar surface area (TPSA) is 88.5 Å². The summed E-state index contributed by atoms with van der Waals surface area (Å²) >= 11 is 0. The summed E-state index contributed by atoms with van der Waals surface area (Å²) in [7, 11) is -0.468. The first-order valence-electron chi connectivity index (χ1n) is 16.0. The van der Waals surface area contributed by atoms with Gasteiger partial charge in [0, 0.05) is 18.8 Å². The van der Waals surface area contributed by atoms with Crippen LogP contribution in [0.15, 0.2) is 78.9 Å². The van der Waals surface area contributed by atoms with Crippen molar-refractivity contribution >= 4 is 30.9 Å². The van der Waals surface area contributed by atoms with Crippen LogP contribution in [-0.4, -0.2) is 75.7 Å². The molecule has 0 aromatic heterocycles. The van der Waals surface area contributed by atoms with Crippen molar-refractivity contribution < 1.29 is 28.9 Å². The number of aryl methyl sites for hydroxylation is 1. The van der Waals surface area contributed by atoms with Crippen molar-refractivity contribution in [1.29, 1.82) is 0 Å². The van der Waals surface area contributed by atoms with Crippen LogP contribution in [0.25, 0.3) is 0 Å². The van der Waals surface area contributed by atoms with E-state index in [-0.39, 0.29) is 55.2 Å². The van der Waals surface area contributed by atoms with E-state index in [1.165, 1.54) is 5.19 Å². The fraction of sp³-hybridized carbons (Fsp3) is 0.444. The van der Waals surface area contributed by atoms with Crippen molar-refractivity contribution in [3.8, 4) is 5.75 Å². The molecule has 2 amide bonds. The number of methoxy groups -OCH3 is 1. The van der Waals surface area contributed by atoms with Crippen LogP contribution < -0.4 is 14.8 Å². The van der Waals surface area contributed by atoms with Crippen LogP contribution >= 0.6 is 0 Å². The molecule has 9 heteroatoms. The van der Waals surface area contributed by atoms with Gasteiger partial charge in [-0.15, -0.1) is 0 Å². The average molecular weight is 631 g/mol. The molecule has 0 spiro atoms. The summed E-state index contributed by atoms with van der Waals surface area (Å²) in [5.74, 6) is 1.07. The summed E-state index contributed by atoms with van der Waals surface area (Å²) in [6.07, 6.45) is 1.34. The minimum atomic E-state index is -2.15. The second-order valence-electron chi connectivity index (χ2n) is 12.8. The molecule has 0 aliphatic carbocycles. The number of carbonyl (C=O) groups is 2. The van der Waals surface area contributed by atoms with Crippen molar-refractivity contribution in [2.75, 3.05) is 38.3 Å². The van der Waals surface area contributed by atoms with Gasteiger partial charge in [0.25, 0.3) is 0 Å². The Morgan fingerprint density at radius 1 is 1.02 bits per heavy atom. The van der Waals surface area contributed by atoms with Crippen molar-refractivity contribution in [1.82, 2.24) is 4.90 Å².